The molecule has 0 N–H and O–H groups in total. The van der Waals surface area contributed by atoms with Crippen molar-refractivity contribution < 1.29 is 0 Å². The van der Waals surface area contributed by atoms with Gasteiger partial charge < -0.3 is 9.13 Å². The fraction of sp³-hybridized carbons (Fsp3) is 0. The molecule has 11 aromatic rings. The van der Waals surface area contributed by atoms with Gasteiger partial charge in [0.2, 0.25) is 0 Å². The molecule has 0 aliphatic carbocycles. The highest BCUT2D eigenvalue weighted by Gasteiger charge is 2.20. The SMILES string of the molecule is c1ccc(-c2cc(-c3ccccc3)nc(-c3cccc(-n4c5cc6sc7ccccc7c6cc5c5ccc6c(ccn6-c6ccccc6)c54)c3)c2)cc1. The van der Waals surface area contributed by atoms with E-state index in [-0.39, 0.29) is 0 Å². The first kappa shape index (κ1) is 29.9. The quantitative estimate of drug-likeness (QED) is 0.176. The predicted molar refractivity (Wildman–Crippen MR) is 225 cm³/mol. The zero-order chi connectivity index (χ0) is 34.9. The zero-order valence-corrected chi connectivity index (χ0v) is 29.5. The molecule has 0 atom stereocenters. The summed E-state index contributed by atoms with van der Waals surface area (Å²) < 4.78 is 7.38. The van der Waals surface area contributed by atoms with Gasteiger partial charge in [-0.2, -0.15) is 0 Å². The average molecular weight is 694 g/mol. The van der Waals surface area contributed by atoms with E-state index in [0.29, 0.717) is 0 Å². The van der Waals surface area contributed by atoms with Crippen molar-refractivity contribution in [1.82, 2.24) is 14.1 Å². The van der Waals surface area contributed by atoms with Gasteiger partial charge in [0, 0.05) is 65.0 Å². The van der Waals surface area contributed by atoms with Gasteiger partial charge in [-0.05, 0) is 77.9 Å². The van der Waals surface area contributed by atoms with E-state index in [0.717, 1.165) is 39.5 Å². The first-order chi connectivity index (χ1) is 26.3. The highest BCUT2D eigenvalue weighted by Crippen LogP contribution is 2.43. The maximum atomic E-state index is 5.29. The minimum absolute atomic E-state index is 0.945. The average Bonchev–Trinajstić information content (AvgIpc) is 3.92. The van der Waals surface area contributed by atoms with Crippen molar-refractivity contribution in [1.29, 1.82) is 0 Å². The molecule has 248 valence electrons. The molecule has 0 bridgehead atoms. The third-order valence-electron chi connectivity index (χ3n) is 10.5. The number of hydrogen-bond donors (Lipinski definition) is 0. The van der Waals surface area contributed by atoms with Gasteiger partial charge in [0.15, 0.2) is 0 Å². The van der Waals surface area contributed by atoms with Crippen LogP contribution in [0, 0.1) is 0 Å². The summed E-state index contributed by atoms with van der Waals surface area (Å²) in [7, 11) is 0. The van der Waals surface area contributed by atoms with Crippen LogP contribution in [0.5, 0.6) is 0 Å². The number of rotatable bonds is 5. The maximum Gasteiger partial charge on any atom is 0.0716 e. The summed E-state index contributed by atoms with van der Waals surface area (Å²) >= 11 is 1.87. The van der Waals surface area contributed by atoms with Crippen molar-refractivity contribution in [3.05, 3.63) is 188 Å². The molecule has 11 rings (SSSR count). The molecule has 4 heteroatoms. The Morgan fingerprint density at radius 2 is 1.06 bits per heavy atom. The highest BCUT2D eigenvalue weighted by atomic mass is 32.1. The number of para-hydroxylation sites is 1. The second-order valence-electron chi connectivity index (χ2n) is 13.6. The van der Waals surface area contributed by atoms with Gasteiger partial charge in [-0.1, -0.05) is 115 Å². The lowest BCUT2D eigenvalue weighted by molar-refractivity contribution is 1.13. The second kappa shape index (κ2) is 11.9. The van der Waals surface area contributed by atoms with Gasteiger partial charge in [0.05, 0.1) is 27.9 Å². The molecule has 0 saturated heterocycles. The lowest BCUT2D eigenvalue weighted by atomic mass is 10.00. The van der Waals surface area contributed by atoms with Gasteiger partial charge in [-0.3, -0.25) is 0 Å². The Kier molecular flexibility index (Phi) is 6.73. The number of hydrogen-bond acceptors (Lipinski definition) is 2. The molecule has 0 amide bonds. The largest absolute Gasteiger partial charge is 0.316 e. The van der Waals surface area contributed by atoms with Crippen LogP contribution in [0.1, 0.15) is 0 Å². The fourth-order valence-corrected chi connectivity index (χ4v) is 9.18. The molecular weight excluding hydrogens is 663 g/mol. The Hall–Kier alpha value is -6.75. The smallest absolute Gasteiger partial charge is 0.0716 e. The number of pyridine rings is 1. The zero-order valence-electron chi connectivity index (χ0n) is 28.6. The normalized spacial score (nSPS) is 11.8. The van der Waals surface area contributed by atoms with E-state index in [4.69, 9.17) is 4.98 Å². The van der Waals surface area contributed by atoms with E-state index in [2.05, 4.69) is 197 Å². The van der Waals surface area contributed by atoms with Gasteiger partial charge in [-0.15, -0.1) is 11.3 Å². The van der Waals surface area contributed by atoms with Crippen molar-refractivity contribution in [2.75, 3.05) is 0 Å². The molecule has 0 radical (unpaired) electrons. The molecule has 0 saturated carbocycles. The van der Waals surface area contributed by atoms with Crippen LogP contribution in [0.15, 0.2) is 188 Å². The summed E-state index contributed by atoms with van der Waals surface area (Å²) in [6, 6.07) is 65.5. The number of thiophene rings is 1. The standard InChI is InChI=1S/C49H31N3S/c1-4-13-32(14-5-1)35-28-43(33-15-6-2-7-16-33)50-44(29-35)34-17-12-20-37(27-34)52-46-31-48-42(38-21-10-11-22-47(38)53-48)30-41(46)39-23-24-45-40(49(39)52)25-26-51(45)36-18-8-3-9-19-36/h1-31H. The number of fused-ring (bicyclic) bond motifs is 8. The molecule has 4 aromatic heterocycles. The predicted octanol–water partition coefficient (Wildman–Crippen LogP) is 13.5. The first-order valence-corrected chi connectivity index (χ1v) is 18.8. The van der Waals surface area contributed by atoms with Crippen molar-refractivity contribution in [3.8, 4) is 45.0 Å². The van der Waals surface area contributed by atoms with Gasteiger partial charge >= 0.3 is 0 Å². The molecule has 7 aromatic carbocycles. The maximum absolute atomic E-state index is 5.29. The van der Waals surface area contributed by atoms with E-state index in [1.54, 1.807) is 0 Å². The Balaban J connectivity index is 1.18. The highest BCUT2D eigenvalue weighted by molar-refractivity contribution is 7.25. The Labute approximate surface area is 310 Å². The molecule has 0 unspecified atom stereocenters. The molecule has 3 nitrogen and oxygen atoms in total. The summed E-state index contributed by atoms with van der Waals surface area (Å²) in [5.41, 5.74) is 12.2. The monoisotopic (exact) mass is 693 g/mol. The summed E-state index contributed by atoms with van der Waals surface area (Å²) in [5.74, 6) is 0. The van der Waals surface area contributed by atoms with Crippen molar-refractivity contribution in [3.63, 3.8) is 0 Å². The summed E-state index contributed by atoms with van der Waals surface area (Å²) in [4.78, 5) is 5.29. The van der Waals surface area contributed by atoms with Crippen LogP contribution in [-0.4, -0.2) is 14.1 Å². The summed E-state index contributed by atoms with van der Waals surface area (Å²) in [6.45, 7) is 0. The van der Waals surface area contributed by atoms with Gasteiger partial charge in [0.1, 0.15) is 0 Å². The topological polar surface area (TPSA) is 22.8 Å². The number of aromatic nitrogens is 3. The van der Waals surface area contributed by atoms with Crippen LogP contribution < -0.4 is 0 Å². The Morgan fingerprint density at radius 3 is 1.87 bits per heavy atom. The number of nitrogens with zero attached hydrogens (tertiary/aromatic N) is 3. The van der Waals surface area contributed by atoms with Crippen LogP contribution in [0.3, 0.4) is 0 Å². The Bertz CT molecular complexity index is 3090. The molecule has 0 spiro atoms. The van der Waals surface area contributed by atoms with Crippen molar-refractivity contribution in [2.45, 2.75) is 0 Å². The van der Waals surface area contributed by atoms with Crippen LogP contribution in [0.2, 0.25) is 0 Å². The minimum atomic E-state index is 0.945. The fourth-order valence-electron chi connectivity index (χ4n) is 8.06. The van der Waals surface area contributed by atoms with Gasteiger partial charge in [0.25, 0.3) is 0 Å². The summed E-state index contributed by atoms with van der Waals surface area (Å²) in [6.07, 6.45) is 2.20. The van der Waals surface area contributed by atoms with Gasteiger partial charge in [-0.25, -0.2) is 4.98 Å². The van der Waals surface area contributed by atoms with Crippen LogP contribution in [-0.2, 0) is 0 Å². The second-order valence-corrected chi connectivity index (χ2v) is 14.7. The minimum Gasteiger partial charge on any atom is -0.316 e. The third-order valence-corrected chi connectivity index (χ3v) is 11.7. The lowest BCUT2D eigenvalue weighted by Crippen LogP contribution is -1.96. The van der Waals surface area contributed by atoms with E-state index < -0.39 is 0 Å². The molecular formula is C49H31N3S. The first-order valence-electron chi connectivity index (χ1n) is 18.0. The van der Waals surface area contributed by atoms with E-state index in [1.807, 2.05) is 11.3 Å². The number of benzene rings is 7. The van der Waals surface area contributed by atoms with Crippen molar-refractivity contribution in [2.24, 2.45) is 0 Å². The van der Waals surface area contributed by atoms with Crippen LogP contribution in [0.4, 0.5) is 0 Å². The van der Waals surface area contributed by atoms with E-state index in [1.165, 1.54) is 58.4 Å². The third kappa shape index (κ3) is 4.84. The molecule has 53 heavy (non-hydrogen) atoms. The lowest BCUT2D eigenvalue weighted by Gasteiger charge is -2.13. The molecule has 0 aliphatic heterocycles. The van der Waals surface area contributed by atoms with E-state index >= 15 is 0 Å². The van der Waals surface area contributed by atoms with E-state index in [9.17, 15) is 0 Å². The Morgan fingerprint density at radius 1 is 0.377 bits per heavy atom. The molecule has 4 heterocycles. The summed E-state index contributed by atoms with van der Waals surface area (Å²) in [5, 5.41) is 6.34. The van der Waals surface area contributed by atoms with Crippen molar-refractivity contribution >= 4 is 64.2 Å². The van der Waals surface area contributed by atoms with Crippen LogP contribution >= 0.6 is 11.3 Å². The molecule has 0 aliphatic rings. The molecule has 0 fully saturated rings. The van der Waals surface area contributed by atoms with Crippen LogP contribution in [0.25, 0.3) is 97.9 Å².